The van der Waals surface area contributed by atoms with Crippen molar-refractivity contribution in [1.29, 1.82) is 0 Å². The SMILES string of the molecule is CCOC(=O)CNNC(=O)[C@H](C)NC(=O)N1CCOCC1. The smallest absolute Gasteiger partial charge is 0.321 e. The molecule has 1 aliphatic heterocycles. The van der Waals surface area contributed by atoms with Gasteiger partial charge in [0.25, 0.3) is 5.91 Å². The summed E-state index contributed by atoms with van der Waals surface area (Å²) in [7, 11) is 0. The van der Waals surface area contributed by atoms with E-state index in [1.54, 1.807) is 18.7 Å². The van der Waals surface area contributed by atoms with Crippen LogP contribution in [0.2, 0.25) is 0 Å². The Hall–Kier alpha value is -1.87. The van der Waals surface area contributed by atoms with Crippen molar-refractivity contribution in [3.63, 3.8) is 0 Å². The molecule has 0 aromatic rings. The molecule has 0 aromatic heterocycles. The van der Waals surface area contributed by atoms with Crippen LogP contribution in [0.5, 0.6) is 0 Å². The number of esters is 1. The number of urea groups is 1. The maximum atomic E-state index is 11.9. The lowest BCUT2D eigenvalue weighted by atomic mass is 10.3. The molecule has 3 N–H and O–H groups in total. The van der Waals surface area contributed by atoms with Crippen LogP contribution in [-0.2, 0) is 19.1 Å². The maximum absolute atomic E-state index is 11.9. The van der Waals surface area contributed by atoms with E-state index in [4.69, 9.17) is 4.74 Å². The van der Waals surface area contributed by atoms with Crippen molar-refractivity contribution in [3.05, 3.63) is 0 Å². The van der Waals surface area contributed by atoms with Crippen LogP contribution < -0.4 is 16.2 Å². The average molecular weight is 302 g/mol. The topological polar surface area (TPSA) is 109 Å². The number of nitrogens with one attached hydrogen (secondary N) is 3. The zero-order valence-corrected chi connectivity index (χ0v) is 12.3. The molecule has 21 heavy (non-hydrogen) atoms. The summed E-state index contributed by atoms with van der Waals surface area (Å²) in [5, 5.41) is 2.58. The number of carbonyl (C=O) groups excluding carboxylic acids is 3. The van der Waals surface area contributed by atoms with Crippen molar-refractivity contribution >= 4 is 17.9 Å². The van der Waals surface area contributed by atoms with Gasteiger partial charge in [0.2, 0.25) is 0 Å². The predicted molar refractivity (Wildman–Crippen MR) is 73.2 cm³/mol. The van der Waals surface area contributed by atoms with Crippen LogP contribution in [0.25, 0.3) is 0 Å². The number of hydrogen-bond acceptors (Lipinski definition) is 6. The van der Waals surface area contributed by atoms with Gasteiger partial charge in [0, 0.05) is 13.1 Å². The number of morpholine rings is 1. The molecule has 0 spiro atoms. The van der Waals surface area contributed by atoms with Crippen LogP contribution in [0.1, 0.15) is 13.8 Å². The number of nitrogens with zero attached hydrogens (tertiary/aromatic N) is 1. The van der Waals surface area contributed by atoms with Gasteiger partial charge < -0.3 is 19.7 Å². The molecule has 9 heteroatoms. The summed E-state index contributed by atoms with van der Waals surface area (Å²) in [6, 6.07) is -1.04. The van der Waals surface area contributed by atoms with E-state index in [9.17, 15) is 14.4 Å². The molecule has 120 valence electrons. The molecule has 1 saturated heterocycles. The van der Waals surface area contributed by atoms with Crippen LogP contribution in [0.15, 0.2) is 0 Å². The first kappa shape index (κ1) is 17.2. The van der Waals surface area contributed by atoms with Crippen LogP contribution in [-0.4, -0.2) is 68.3 Å². The molecule has 1 fully saturated rings. The third-order valence-corrected chi connectivity index (χ3v) is 2.78. The highest BCUT2D eigenvalue weighted by molar-refractivity contribution is 5.86. The fourth-order valence-corrected chi connectivity index (χ4v) is 1.63. The largest absolute Gasteiger partial charge is 0.465 e. The maximum Gasteiger partial charge on any atom is 0.321 e. The van der Waals surface area contributed by atoms with Crippen LogP contribution in [0, 0.1) is 0 Å². The molecule has 1 heterocycles. The van der Waals surface area contributed by atoms with Gasteiger partial charge in [-0.15, -0.1) is 0 Å². The van der Waals surface area contributed by atoms with Gasteiger partial charge in [0.15, 0.2) is 0 Å². The molecule has 0 unspecified atom stereocenters. The Bertz CT molecular complexity index is 371. The molecule has 0 aliphatic carbocycles. The first-order valence-corrected chi connectivity index (χ1v) is 6.86. The summed E-state index contributed by atoms with van der Waals surface area (Å²) in [4.78, 5) is 36.2. The third kappa shape index (κ3) is 6.41. The molecule has 9 nitrogen and oxygen atoms in total. The van der Waals surface area contributed by atoms with E-state index in [0.717, 1.165) is 0 Å². The van der Waals surface area contributed by atoms with Crippen molar-refractivity contribution in [3.8, 4) is 0 Å². The normalized spacial score (nSPS) is 16.0. The fourth-order valence-electron chi connectivity index (χ4n) is 1.63. The number of hydrazine groups is 1. The Morgan fingerprint density at radius 3 is 2.57 bits per heavy atom. The van der Waals surface area contributed by atoms with Crippen molar-refractivity contribution in [1.82, 2.24) is 21.1 Å². The van der Waals surface area contributed by atoms with E-state index >= 15 is 0 Å². The second kappa shape index (κ2) is 9.14. The van der Waals surface area contributed by atoms with Gasteiger partial charge in [-0.05, 0) is 13.8 Å². The lowest BCUT2D eigenvalue weighted by molar-refractivity contribution is -0.142. The molecule has 1 aliphatic rings. The Kier molecular flexibility index (Phi) is 7.48. The second-order valence-corrected chi connectivity index (χ2v) is 4.42. The van der Waals surface area contributed by atoms with E-state index in [1.165, 1.54) is 0 Å². The monoisotopic (exact) mass is 302 g/mol. The fraction of sp³-hybridized carbons (Fsp3) is 0.750. The Labute approximate surface area is 123 Å². The summed E-state index contributed by atoms with van der Waals surface area (Å²) in [5.74, 6) is -0.913. The number of carbonyl (C=O) groups is 3. The van der Waals surface area contributed by atoms with Gasteiger partial charge in [0.1, 0.15) is 12.6 Å². The molecule has 0 aromatic carbocycles. The summed E-state index contributed by atoms with van der Waals surface area (Å²) in [6.45, 7) is 5.39. The standard InChI is InChI=1S/C12H22N4O5/c1-3-21-10(17)8-13-15-11(18)9(2)14-12(19)16-4-6-20-7-5-16/h9,13H,3-8H2,1-2H3,(H,14,19)(H,15,18)/t9-/m0/s1. The van der Waals surface area contributed by atoms with E-state index in [0.29, 0.717) is 26.3 Å². The highest BCUT2D eigenvalue weighted by atomic mass is 16.5. The zero-order valence-electron chi connectivity index (χ0n) is 12.3. The lowest BCUT2D eigenvalue weighted by Crippen LogP contribution is -2.54. The van der Waals surface area contributed by atoms with Crippen LogP contribution in [0.3, 0.4) is 0 Å². The molecule has 0 bridgehead atoms. The molecule has 1 rings (SSSR count). The van der Waals surface area contributed by atoms with Gasteiger partial charge in [-0.25, -0.2) is 10.2 Å². The second-order valence-electron chi connectivity index (χ2n) is 4.42. The van der Waals surface area contributed by atoms with Gasteiger partial charge >= 0.3 is 12.0 Å². The van der Waals surface area contributed by atoms with E-state index < -0.39 is 17.9 Å². The molecule has 0 saturated carbocycles. The Morgan fingerprint density at radius 2 is 1.95 bits per heavy atom. The van der Waals surface area contributed by atoms with Crippen LogP contribution >= 0.6 is 0 Å². The summed E-state index contributed by atoms with van der Waals surface area (Å²) < 4.78 is 9.83. The minimum absolute atomic E-state index is 0.135. The molecule has 3 amide bonds. The van der Waals surface area contributed by atoms with E-state index in [1.807, 2.05) is 0 Å². The summed E-state index contributed by atoms with van der Waals surface area (Å²) in [5.41, 5.74) is 4.78. The molecule has 1 atom stereocenters. The first-order chi connectivity index (χ1) is 10.0. The van der Waals surface area contributed by atoms with Crippen LogP contribution in [0.4, 0.5) is 4.79 Å². The van der Waals surface area contributed by atoms with Crippen molar-refractivity contribution in [2.45, 2.75) is 19.9 Å². The molecular weight excluding hydrogens is 280 g/mol. The Morgan fingerprint density at radius 1 is 1.29 bits per heavy atom. The van der Waals surface area contributed by atoms with Crippen molar-refractivity contribution in [2.75, 3.05) is 39.5 Å². The van der Waals surface area contributed by atoms with E-state index in [2.05, 4.69) is 20.9 Å². The minimum atomic E-state index is -0.727. The lowest BCUT2D eigenvalue weighted by Gasteiger charge is -2.28. The van der Waals surface area contributed by atoms with Crippen molar-refractivity contribution in [2.24, 2.45) is 0 Å². The number of amides is 3. The van der Waals surface area contributed by atoms with Gasteiger partial charge in [0.05, 0.1) is 19.8 Å². The highest BCUT2D eigenvalue weighted by Crippen LogP contribution is 1.97. The van der Waals surface area contributed by atoms with Gasteiger partial charge in [-0.2, -0.15) is 0 Å². The Balaban J connectivity index is 2.23. The van der Waals surface area contributed by atoms with Crippen molar-refractivity contribution < 1.29 is 23.9 Å². The number of ether oxygens (including phenoxy) is 2. The van der Waals surface area contributed by atoms with Gasteiger partial charge in [-0.1, -0.05) is 0 Å². The molecular formula is C12H22N4O5. The van der Waals surface area contributed by atoms with Gasteiger partial charge in [-0.3, -0.25) is 15.0 Å². The number of hydrogen-bond donors (Lipinski definition) is 3. The third-order valence-electron chi connectivity index (χ3n) is 2.78. The van der Waals surface area contributed by atoms with E-state index in [-0.39, 0.29) is 19.2 Å². The predicted octanol–water partition coefficient (Wildman–Crippen LogP) is -1.40. The first-order valence-electron chi connectivity index (χ1n) is 6.86. The minimum Gasteiger partial charge on any atom is -0.465 e. The molecule has 0 radical (unpaired) electrons. The quantitative estimate of drug-likeness (QED) is 0.411. The summed E-state index contributed by atoms with van der Waals surface area (Å²) in [6.07, 6.45) is 0. The number of rotatable bonds is 6. The average Bonchev–Trinajstić information content (AvgIpc) is 2.48. The zero-order chi connectivity index (χ0) is 15.7. The summed E-state index contributed by atoms with van der Waals surface area (Å²) >= 11 is 0. The highest BCUT2D eigenvalue weighted by Gasteiger charge is 2.21.